The molecular formula is C17H23N3O3. The Morgan fingerprint density at radius 1 is 1.13 bits per heavy atom. The summed E-state index contributed by atoms with van der Waals surface area (Å²) in [6.45, 7) is 1.94. The molecule has 0 spiro atoms. The van der Waals surface area contributed by atoms with Crippen molar-refractivity contribution in [2.75, 3.05) is 33.9 Å². The van der Waals surface area contributed by atoms with E-state index < -0.39 is 0 Å². The van der Waals surface area contributed by atoms with Gasteiger partial charge in [0, 0.05) is 26.1 Å². The van der Waals surface area contributed by atoms with Crippen LogP contribution in [0.2, 0.25) is 0 Å². The van der Waals surface area contributed by atoms with Crippen LogP contribution in [0.3, 0.4) is 0 Å². The maximum atomic E-state index is 5.67. The van der Waals surface area contributed by atoms with Crippen molar-refractivity contribution in [1.29, 1.82) is 0 Å². The molecule has 2 aromatic rings. The lowest BCUT2D eigenvalue weighted by Gasteiger charge is -2.12. The van der Waals surface area contributed by atoms with Crippen LogP contribution in [-0.2, 0) is 6.42 Å². The fourth-order valence-corrected chi connectivity index (χ4v) is 2.01. The minimum Gasteiger partial charge on any atom is -0.497 e. The maximum absolute atomic E-state index is 5.67. The highest BCUT2D eigenvalue weighted by Crippen LogP contribution is 2.18. The van der Waals surface area contributed by atoms with E-state index in [1.54, 1.807) is 20.4 Å². The number of furan rings is 1. The summed E-state index contributed by atoms with van der Waals surface area (Å²) in [6, 6.07) is 11.4. The summed E-state index contributed by atoms with van der Waals surface area (Å²) in [7, 11) is 3.38. The minimum atomic E-state index is 0.534. The Morgan fingerprint density at radius 2 is 1.96 bits per heavy atom. The summed E-state index contributed by atoms with van der Waals surface area (Å²) >= 11 is 0. The Hall–Kier alpha value is -2.63. The summed E-state index contributed by atoms with van der Waals surface area (Å²) in [4.78, 5) is 4.17. The van der Waals surface area contributed by atoms with Crippen LogP contribution in [0.5, 0.6) is 11.5 Å². The SMILES string of the molecule is CN=C(NCCOc1cccc(OC)c1)NCCc1ccco1. The van der Waals surface area contributed by atoms with Gasteiger partial charge in [-0.05, 0) is 24.3 Å². The first-order valence-electron chi connectivity index (χ1n) is 7.55. The number of hydrogen-bond acceptors (Lipinski definition) is 4. The first kappa shape index (κ1) is 16.7. The van der Waals surface area contributed by atoms with Gasteiger partial charge in [0.05, 0.1) is 19.9 Å². The fraction of sp³-hybridized carbons (Fsp3) is 0.353. The third kappa shape index (κ3) is 5.94. The number of benzene rings is 1. The highest BCUT2D eigenvalue weighted by molar-refractivity contribution is 5.79. The summed E-state index contributed by atoms with van der Waals surface area (Å²) in [5.74, 6) is 3.26. The Morgan fingerprint density at radius 3 is 2.70 bits per heavy atom. The number of nitrogens with one attached hydrogen (secondary N) is 2. The molecule has 1 aromatic heterocycles. The number of methoxy groups -OCH3 is 1. The predicted octanol–water partition coefficient (Wildman–Crippen LogP) is 2.07. The molecule has 0 unspecified atom stereocenters. The lowest BCUT2D eigenvalue weighted by atomic mass is 10.3. The molecule has 124 valence electrons. The van der Waals surface area contributed by atoms with Gasteiger partial charge < -0.3 is 24.5 Å². The number of guanidine groups is 1. The Kier molecular flexibility index (Phi) is 6.84. The van der Waals surface area contributed by atoms with E-state index in [0.29, 0.717) is 13.2 Å². The maximum Gasteiger partial charge on any atom is 0.191 e. The van der Waals surface area contributed by atoms with Gasteiger partial charge in [-0.3, -0.25) is 4.99 Å². The van der Waals surface area contributed by atoms with Gasteiger partial charge in [-0.2, -0.15) is 0 Å². The third-order valence-corrected chi connectivity index (χ3v) is 3.17. The standard InChI is InChI=1S/C17H23N3O3/c1-18-17(19-9-8-14-7-4-11-22-14)20-10-12-23-16-6-3-5-15(13-16)21-2/h3-7,11,13H,8-10,12H2,1-2H3,(H2,18,19,20). The minimum absolute atomic E-state index is 0.534. The zero-order valence-corrected chi connectivity index (χ0v) is 13.5. The lowest BCUT2D eigenvalue weighted by Crippen LogP contribution is -2.40. The molecule has 0 radical (unpaired) electrons. The zero-order chi connectivity index (χ0) is 16.3. The molecule has 6 heteroatoms. The van der Waals surface area contributed by atoms with Gasteiger partial charge in [-0.15, -0.1) is 0 Å². The second kappa shape index (κ2) is 9.40. The second-order valence-corrected chi connectivity index (χ2v) is 4.78. The van der Waals surface area contributed by atoms with Crippen LogP contribution < -0.4 is 20.1 Å². The number of nitrogens with zero attached hydrogens (tertiary/aromatic N) is 1. The Labute approximate surface area is 136 Å². The number of rotatable bonds is 8. The molecule has 0 bridgehead atoms. The lowest BCUT2D eigenvalue weighted by molar-refractivity contribution is 0.319. The van der Waals surface area contributed by atoms with Crippen molar-refractivity contribution in [2.24, 2.45) is 4.99 Å². The van der Waals surface area contributed by atoms with Crippen molar-refractivity contribution < 1.29 is 13.9 Å². The topological polar surface area (TPSA) is 68.0 Å². The molecule has 23 heavy (non-hydrogen) atoms. The molecule has 1 aromatic carbocycles. The molecule has 0 aliphatic carbocycles. The molecule has 0 fully saturated rings. The van der Waals surface area contributed by atoms with Crippen molar-refractivity contribution in [3.8, 4) is 11.5 Å². The van der Waals surface area contributed by atoms with E-state index in [-0.39, 0.29) is 0 Å². The monoisotopic (exact) mass is 317 g/mol. The van der Waals surface area contributed by atoms with Crippen LogP contribution in [0.4, 0.5) is 0 Å². The van der Waals surface area contributed by atoms with Gasteiger partial charge in [0.1, 0.15) is 23.9 Å². The first-order chi connectivity index (χ1) is 11.3. The van der Waals surface area contributed by atoms with E-state index in [2.05, 4.69) is 15.6 Å². The predicted molar refractivity (Wildman–Crippen MR) is 90.3 cm³/mol. The van der Waals surface area contributed by atoms with Gasteiger partial charge in [-0.1, -0.05) is 6.07 Å². The van der Waals surface area contributed by atoms with E-state index in [4.69, 9.17) is 13.9 Å². The van der Waals surface area contributed by atoms with Gasteiger partial charge in [0.2, 0.25) is 0 Å². The molecule has 0 saturated carbocycles. The van der Waals surface area contributed by atoms with Gasteiger partial charge in [-0.25, -0.2) is 0 Å². The van der Waals surface area contributed by atoms with E-state index in [0.717, 1.165) is 36.2 Å². The van der Waals surface area contributed by atoms with Crippen molar-refractivity contribution in [2.45, 2.75) is 6.42 Å². The summed E-state index contributed by atoms with van der Waals surface area (Å²) in [5.41, 5.74) is 0. The van der Waals surface area contributed by atoms with Crippen molar-refractivity contribution >= 4 is 5.96 Å². The molecule has 0 aliphatic rings. The van der Waals surface area contributed by atoms with Crippen molar-refractivity contribution in [3.63, 3.8) is 0 Å². The molecule has 1 heterocycles. The van der Waals surface area contributed by atoms with Gasteiger partial charge in [0.15, 0.2) is 5.96 Å². The van der Waals surface area contributed by atoms with Crippen LogP contribution in [0.1, 0.15) is 5.76 Å². The third-order valence-electron chi connectivity index (χ3n) is 3.17. The number of hydrogen-bond donors (Lipinski definition) is 2. The largest absolute Gasteiger partial charge is 0.497 e. The molecule has 2 rings (SSSR count). The van der Waals surface area contributed by atoms with Gasteiger partial charge in [0.25, 0.3) is 0 Å². The summed E-state index contributed by atoms with van der Waals surface area (Å²) in [6.07, 6.45) is 2.49. The van der Waals surface area contributed by atoms with Crippen molar-refractivity contribution in [1.82, 2.24) is 10.6 Å². The molecular weight excluding hydrogens is 294 g/mol. The highest BCUT2D eigenvalue weighted by atomic mass is 16.5. The van der Waals surface area contributed by atoms with Crippen LogP contribution in [0.25, 0.3) is 0 Å². The van der Waals surface area contributed by atoms with Crippen LogP contribution in [0.15, 0.2) is 52.1 Å². The highest BCUT2D eigenvalue weighted by Gasteiger charge is 2.00. The average Bonchev–Trinajstić information content (AvgIpc) is 3.10. The van der Waals surface area contributed by atoms with E-state index in [9.17, 15) is 0 Å². The first-order valence-corrected chi connectivity index (χ1v) is 7.55. The number of ether oxygens (including phenoxy) is 2. The van der Waals surface area contributed by atoms with E-state index >= 15 is 0 Å². The normalized spacial score (nSPS) is 11.1. The fourth-order valence-electron chi connectivity index (χ4n) is 2.01. The molecule has 0 amide bonds. The van der Waals surface area contributed by atoms with E-state index in [1.807, 2.05) is 36.4 Å². The molecule has 2 N–H and O–H groups in total. The zero-order valence-electron chi connectivity index (χ0n) is 13.5. The van der Waals surface area contributed by atoms with Crippen LogP contribution >= 0.6 is 0 Å². The Bertz CT molecular complexity index is 597. The van der Waals surface area contributed by atoms with Gasteiger partial charge >= 0.3 is 0 Å². The van der Waals surface area contributed by atoms with Crippen LogP contribution in [0, 0.1) is 0 Å². The number of aliphatic imine (C=N–C) groups is 1. The molecule has 0 saturated heterocycles. The molecule has 0 atom stereocenters. The van der Waals surface area contributed by atoms with Crippen LogP contribution in [-0.4, -0.2) is 39.8 Å². The molecule has 6 nitrogen and oxygen atoms in total. The summed E-state index contributed by atoms with van der Waals surface area (Å²) in [5, 5.41) is 6.43. The second-order valence-electron chi connectivity index (χ2n) is 4.78. The summed E-state index contributed by atoms with van der Waals surface area (Å²) < 4.78 is 16.1. The Balaban J connectivity index is 1.63. The van der Waals surface area contributed by atoms with E-state index in [1.165, 1.54) is 0 Å². The quantitative estimate of drug-likeness (QED) is 0.443. The molecule has 0 aliphatic heterocycles. The average molecular weight is 317 g/mol. The van der Waals surface area contributed by atoms with Crippen molar-refractivity contribution in [3.05, 3.63) is 48.4 Å². The smallest absolute Gasteiger partial charge is 0.191 e.